The number of carbonyl (C=O) groups is 2. The van der Waals surface area contributed by atoms with Crippen LogP contribution < -0.4 is 10.6 Å². The van der Waals surface area contributed by atoms with Crippen LogP contribution in [0.5, 0.6) is 0 Å². The number of hydrogen-bond donors (Lipinski definition) is 2. The van der Waals surface area contributed by atoms with Crippen LogP contribution in [-0.4, -0.2) is 36.3 Å². The largest absolute Gasteiger partial charge is 0.325 e. The molecule has 2 aromatic carbocycles. The monoisotopic (exact) mass is 407 g/mol. The molecule has 0 heterocycles. The first-order chi connectivity index (χ1) is 11.8. The molecule has 0 saturated heterocycles. The highest BCUT2D eigenvalue weighted by Crippen LogP contribution is 2.15. The third-order valence-electron chi connectivity index (χ3n) is 3.67. The van der Waals surface area contributed by atoms with Crippen molar-refractivity contribution in [2.45, 2.75) is 13.0 Å². The van der Waals surface area contributed by atoms with Crippen LogP contribution in [0.25, 0.3) is 0 Å². The predicted octanol–water partition coefficient (Wildman–Crippen LogP) is 3.49. The molecule has 0 aliphatic carbocycles. The Morgan fingerprint density at radius 3 is 2.16 bits per heavy atom. The van der Waals surface area contributed by atoms with Crippen LogP contribution in [-0.2, 0) is 9.59 Å². The van der Waals surface area contributed by atoms with E-state index in [4.69, 9.17) is 0 Å². The SMILES string of the molecule is C[C@H](C(=O)Nc1ccc(Br)cc1)N(C)CC(=O)Nc1ccc(F)cc1. The number of likely N-dealkylation sites (N-methyl/N-ethyl adjacent to an activating group) is 1. The second-order valence-corrected chi connectivity index (χ2v) is 6.56. The van der Waals surface area contributed by atoms with Gasteiger partial charge in [0, 0.05) is 15.8 Å². The molecule has 0 spiro atoms. The summed E-state index contributed by atoms with van der Waals surface area (Å²) in [5.74, 6) is -0.856. The lowest BCUT2D eigenvalue weighted by molar-refractivity contribution is -0.122. The molecule has 2 aromatic rings. The Bertz CT molecular complexity index is 735. The fourth-order valence-corrected chi connectivity index (χ4v) is 2.34. The highest BCUT2D eigenvalue weighted by molar-refractivity contribution is 9.10. The summed E-state index contributed by atoms with van der Waals surface area (Å²) in [5.41, 5.74) is 1.19. The van der Waals surface area contributed by atoms with Gasteiger partial charge in [0.2, 0.25) is 11.8 Å². The topological polar surface area (TPSA) is 61.4 Å². The van der Waals surface area contributed by atoms with Crippen molar-refractivity contribution in [3.05, 3.63) is 58.8 Å². The number of hydrogen-bond acceptors (Lipinski definition) is 3. The fraction of sp³-hybridized carbons (Fsp3) is 0.222. The van der Waals surface area contributed by atoms with Gasteiger partial charge in [-0.1, -0.05) is 15.9 Å². The molecule has 0 radical (unpaired) electrons. The zero-order chi connectivity index (χ0) is 18.4. The molecule has 2 N–H and O–H groups in total. The van der Waals surface area contributed by atoms with Crippen LogP contribution in [0.2, 0.25) is 0 Å². The molecule has 0 saturated carbocycles. The minimum Gasteiger partial charge on any atom is -0.325 e. The van der Waals surface area contributed by atoms with Crippen molar-refractivity contribution >= 4 is 39.1 Å². The number of rotatable bonds is 6. The van der Waals surface area contributed by atoms with Gasteiger partial charge >= 0.3 is 0 Å². The maximum absolute atomic E-state index is 12.9. The van der Waals surface area contributed by atoms with E-state index in [-0.39, 0.29) is 24.2 Å². The third-order valence-corrected chi connectivity index (χ3v) is 4.20. The Labute approximate surface area is 154 Å². The molecule has 0 unspecified atom stereocenters. The van der Waals surface area contributed by atoms with Gasteiger partial charge in [-0.05, 0) is 62.5 Å². The van der Waals surface area contributed by atoms with E-state index in [1.165, 1.54) is 24.3 Å². The second kappa shape index (κ2) is 8.73. The zero-order valence-electron chi connectivity index (χ0n) is 13.9. The minimum atomic E-state index is -0.498. The molecule has 7 heteroatoms. The lowest BCUT2D eigenvalue weighted by atomic mass is 10.2. The van der Waals surface area contributed by atoms with Crippen molar-refractivity contribution in [1.82, 2.24) is 4.90 Å². The van der Waals surface area contributed by atoms with E-state index in [0.717, 1.165) is 4.47 Å². The van der Waals surface area contributed by atoms with Crippen LogP contribution in [0.15, 0.2) is 53.0 Å². The smallest absolute Gasteiger partial charge is 0.241 e. The summed E-state index contributed by atoms with van der Waals surface area (Å²) in [5, 5.41) is 5.47. The van der Waals surface area contributed by atoms with E-state index >= 15 is 0 Å². The van der Waals surface area contributed by atoms with Crippen molar-refractivity contribution in [3.63, 3.8) is 0 Å². The molecule has 0 bridgehead atoms. The molecular formula is C18H19BrFN3O2. The number of halogens is 2. The normalized spacial score (nSPS) is 11.9. The number of benzene rings is 2. The summed E-state index contributed by atoms with van der Waals surface area (Å²) in [6.45, 7) is 1.76. The molecule has 1 atom stereocenters. The molecule has 25 heavy (non-hydrogen) atoms. The first kappa shape index (κ1) is 19.1. The van der Waals surface area contributed by atoms with Gasteiger partial charge in [-0.25, -0.2) is 4.39 Å². The van der Waals surface area contributed by atoms with E-state index in [9.17, 15) is 14.0 Å². The van der Waals surface area contributed by atoms with E-state index in [0.29, 0.717) is 11.4 Å². The van der Waals surface area contributed by atoms with Gasteiger partial charge in [-0.3, -0.25) is 14.5 Å². The highest BCUT2D eigenvalue weighted by Gasteiger charge is 2.20. The first-order valence-electron chi connectivity index (χ1n) is 7.67. The molecule has 132 valence electrons. The lowest BCUT2D eigenvalue weighted by Crippen LogP contribution is -2.43. The van der Waals surface area contributed by atoms with E-state index in [2.05, 4.69) is 26.6 Å². The van der Waals surface area contributed by atoms with Gasteiger partial charge < -0.3 is 10.6 Å². The van der Waals surface area contributed by atoms with Gasteiger partial charge in [0.05, 0.1) is 12.6 Å². The highest BCUT2D eigenvalue weighted by atomic mass is 79.9. The standard InChI is InChI=1S/C18H19BrFN3O2/c1-12(18(25)22-16-7-3-13(19)4-8-16)23(2)11-17(24)21-15-9-5-14(20)6-10-15/h3-10,12H,11H2,1-2H3,(H,21,24)(H,22,25)/t12-/m1/s1. The van der Waals surface area contributed by atoms with Gasteiger partial charge in [0.25, 0.3) is 0 Å². The summed E-state index contributed by atoms with van der Waals surface area (Å²) < 4.78 is 13.8. The summed E-state index contributed by atoms with van der Waals surface area (Å²) in [4.78, 5) is 26.0. The Morgan fingerprint density at radius 2 is 1.56 bits per heavy atom. The van der Waals surface area contributed by atoms with Crippen molar-refractivity contribution < 1.29 is 14.0 Å². The lowest BCUT2D eigenvalue weighted by Gasteiger charge is -2.23. The van der Waals surface area contributed by atoms with Gasteiger partial charge in [-0.2, -0.15) is 0 Å². The van der Waals surface area contributed by atoms with Gasteiger partial charge in [0.1, 0.15) is 5.82 Å². The maximum atomic E-state index is 12.9. The van der Waals surface area contributed by atoms with Crippen molar-refractivity contribution in [3.8, 4) is 0 Å². The minimum absolute atomic E-state index is 0.0340. The van der Waals surface area contributed by atoms with E-state index in [1.807, 2.05) is 12.1 Å². The molecule has 0 fully saturated rings. The number of nitrogens with zero attached hydrogens (tertiary/aromatic N) is 1. The average molecular weight is 408 g/mol. The molecule has 0 aliphatic heterocycles. The van der Waals surface area contributed by atoms with Gasteiger partial charge in [-0.15, -0.1) is 0 Å². The van der Waals surface area contributed by atoms with E-state index < -0.39 is 6.04 Å². The maximum Gasteiger partial charge on any atom is 0.241 e. The third kappa shape index (κ3) is 5.95. The fourth-order valence-electron chi connectivity index (χ4n) is 2.08. The Hall–Kier alpha value is -2.25. The molecule has 5 nitrogen and oxygen atoms in total. The molecule has 0 aromatic heterocycles. The Morgan fingerprint density at radius 1 is 1.04 bits per heavy atom. The quantitative estimate of drug-likeness (QED) is 0.770. The number of nitrogens with one attached hydrogen (secondary N) is 2. The zero-order valence-corrected chi connectivity index (χ0v) is 15.5. The molecule has 2 amide bonds. The van der Waals surface area contributed by atoms with Crippen molar-refractivity contribution in [2.75, 3.05) is 24.2 Å². The van der Waals surface area contributed by atoms with Crippen LogP contribution in [0.1, 0.15) is 6.92 Å². The summed E-state index contributed by atoms with van der Waals surface area (Å²) in [6.07, 6.45) is 0. The summed E-state index contributed by atoms with van der Waals surface area (Å²) in [7, 11) is 1.69. The summed E-state index contributed by atoms with van der Waals surface area (Å²) in [6, 6.07) is 12.3. The number of anilines is 2. The average Bonchev–Trinajstić information content (AvgIpc) is 2.58. The van der Waals surface area contributed by atoms with Gasteiger partial charge in [0.15, 0.2) is 0 Å². The van der Waals surface area contributed by atoms with E-state index in [1.54, 1.807) is 31.0 Å². The Balaban J connectivity index is 1.86. The molecule has 0 aliphatic rings. The Kier molecular flexibility index (Phi) is 6.66. The van der Waals surface area contributed by atoms with Crippen LogP contribution in [0.3, 0.4) is 0 Å². The van der Waals surface area contributed by atoms with Crippen LogP contribution >= 0.6 is 15.9 Å². The molecular weight excluding hydrogens is 389 g/mol. The number of amides is 2. The van der Waals surface area contributed by atoms with Crippen LogP contribution in [0, 0.1) is 5.82 Å². The second-order valence-electron chi connectivity index (χ2n) is 5.64. The van der Waals surface area contributed by atoms with Crippen LogP contribution in [0.4, 0.5) is 15.8 Å². The summed E-state index contributed by atoms with van der Waals surface area (Å²) >= 11 is 3.34. The predicted molar refractivity (Wildman–Crippen MR) is 99.9 cm³/mol. The first-order valence-corrected chi connectivity index (χ1v) is 8.46. The van der Waals surface area contributed by atoms with Crippen molar-refractivity contribution in [2.24, 2.45) is 0 Å². The number of carbonyl (C=O) groups excluding carboxylic acids is 2. The molecule has 2 rings (SSSR count). The van der Waals surface area contributed by atoms with Crippen molar-refractivity contribution in [1.29, 1.82) is 0 Å².